The van der Waals surface area contributed by atoms with E-state index >= 15 is 0 Å². The Morgan fingerprint density at radius 2 is 1.96 bits per heavy atom. The van der Waals surface area contributed by atoms with Crippen LogP contribution in [0.3, 0.4) is 0 Å². The first kappa shape index (κ1) is 17.9. The summed E-state index contributed by atoms with van der Waals surface area (Å²) >= 11 is 0. The first-order chi connectivity index (χ1) is 13.2. The van der Waals surface area contributed by atoms with Crippen LogP contribution in [0, 0.1) is 0 Å². The lowest BCUT2D eigenvalue weighted by atomic mass is 10.1. The quantitative estimate of drug-likeness (QED) is 0.702. The maximum atomic E-state index is 5.55. The van der Waals surface area contributed by atoms with Crippen LogP contribution in [-0.4, -0.2) is 60.9 Å². The van der Waals surface area contributed by atoms with E-state index in [-0.39, 0.29) is 0 Å². The molecule has 1 unspecified atom stereocenters. The summed E-state index contributed by atoms with van der Waals surface area (Å²) in [5, 5.41) is 4.63. The fourth-order valence-corrected chi connectivity index (χ4v) is 3.97. The number of ether oxygens (including phenoxy) is 2. The number of nitrogens with zero attached hydrogens (tertiary/aromatic N) is 2. The summed E-state index contributed by atoms with van der Waals surface area (Å²) < 4.78 is 13.4. The molecule has 6 nitrogen and oxygen atoms in total. The molecule has 0 spiro atoms. The molecule has 1 saturated heterocycles. The first-order valence-corrected chi connectivity index (χ1v) is 9.54. The van der Waals surface area contributed by atoms with Gasteiger partial charge in [0.05, 0.1) is 19.7 Å². The molecular formula is C21H28N4O2. The van der Waals surface area contributed by atoms with Gasteiger partial charge in [-0.1, -0.05) is 0 Å². The number of nitrogens with one attached hydrogen (secondary N) is 2. The molecule has 0 aliphatic carbocycles. The van der Waals surface area contributed by atoms with E-state index in [2.05, 4.69) is 51.1 Å². The second-order valence-electron chi connectivity index (χ2n) is 7.13. The molecule has 1 aromatic carbocycles. The monoisotopic (exact) mass is 368 g/mol. The van der Waals surface area contributed by atoms with Crippen molar-refractivity contribution in [1.82, 2.24) is 19.8 Å². The van der Waals surface area contributed by atoms with E-state index in [1.54, 1.807) is 14.2 Å². The highest BCUT2D eigenvalue weighted by Crippen LogP contribution is 2.38. The highest BCUT2D eigenvalue weighted by Gasteiger charge is 2.19. The number of aromatic amines is 1. The topological polar surface area (TPSA) is 54.5 Å². The first-order valence-electron chi connectivity index (χ1n) is 9.54. The summed E-state index contributed by atoms with van der Waals surface area (Å²) in [7, 11) is 3.37. The van der Waals surface area contributed by atoms with Crippen LogP contribution in [0.5, 0.6) is 11.5 Å². The Labute approximate surface area is 160 Å². The Morgan fingerprint density at radius 3 is 2.67 bits per heavy atom. The van der Waals surface area contributed by atoms with Gasteiger partial charge in [-0.05, 0) is 25.1 Å². The molecular weight excluding hydrogens is 340 g/mol. The summed E-state index contributed by atoms with van der Waals surface area (Å²) in [4.78, 5) is 5.89. The molecule has 6 heteroatoms. The van der Waals surface area contributed by atoms with Gasteiger partial charge in [-0.2, -0.15) is 0 Å². The number of benzene rings is 1. The van der Waals surface area contributed by atoms with E-state index in [9.17, 15) is 0 Å². The number of hydrogen-bond donors (Lipinski definition) is 2. The van der Waals surface area contributed by atoms with Gasteiger partial charge in [0.2, 0.25) is 0 Å². The normalized spacial score (nSPS) is 18.1. The zero-order valence-corrected chi connectivity index (χ0v) is 16.3. The maximum absolute atomic E-state index is 5.55. The summed E-state index contributed by atoms with van der Waals surface area (Å²) in [6, 6.07) is 8.87. The van der Waals surface area contributed by atoms with E-state index in [1.165, 1.54) is 16.5 Å². The molecule has 0 bridgehead atoms. The molecule has 0 radical (unpaired) electrons. The van der Waals surface area contributed by atoms with Crippen LogP contribution in [0.15, 0.2) is 36.7 Å². The number of rotatable bonds is 6. The number of fused-ring (bicyclic) bond motifs is 1. The lowest BCUT2D eigenvalue weighted by Gasteiger charge is -2.34. The van der Waals surface area contributed by atoms with Crippen molar-refractivity contribution < 1.29 is 9.47 Å². The molecule has 1 atom stereocenters. The van der Waals surface area contributed by atoms with E-state index in [1.807, 2.05) is 12.3 Å². The molecule has 1 aliphatic rings. The van der Waals surface area contributed by atoms with E-state index < -0.39 is 0 Å². The van der Waals surface area contributed by atoms with Gasteiger partial charge in [-0.15, -0.1) is 0 Å². The predicted octanol–water partition coefficient (Wildman–Crippen LogP) is 2.95. The Morgan fingerprint density at radius 1 is 1.15 bits per heavy atom. The molecule has 2 aromatic heterocycles. The smallest absolute Gasteiger partial charge is 0.162 e. The third-order valence-electron chi connectivity index (χ3n) is 5.54. The number of methoxy groups -OCH3 is 2. The lowest BCUT2D eigenvalue weighted by Crippen LogP contribution is -2.50. The van der Waals surface area contributed by atoms with Crippen LogP contribution in [0.2, 0.25) is 0 Å². The van der Waals surface area contributed by atoms with E-state index in [0.29, 0.717) is 6.04 Å². The maximum Gasteiger partial charge on any atom is 0.162 e. The average molecular weight is 368 g/mol. The molecule has 144 valence electrons. The minimum Gasteiger partial charge on any atom is -0.493 e. The third kappa shape index (κ3) is 3.42. The van der Waals surface area contributed by atoms with Crippen LogP contribution in [0.4, 0.5) is 0 Å². The van der Waals surface area contributed by atoms with Crippen LogP contribution in [0.25, 0.3) is 22.2 Å². The molecule has 4 rings (SSSR count). The predicted molar refractivity (Wildman–Crippen MR) is 109 cm³/mol. The second kappa shape index (κ2) is 7.66. The summed E-state index contributed by atoms with van der Waals surface area (Å²) in [5.41, 5.74) is 3.46. The Bertz CT molecular complexity index is 901. The SMILES string of the molecule is COc1cc2c(-c3ccc[nH]3)cn(CCN3CCNCC3C)c2cc1OC. The number of aromatic nitrogens is 2. The van der Waals surface area contributed by atoms with Crippen molar-refractivity contribution in [3.8, 4) is 22.8 Å². The van der Waals surface area contributed by atoms with E-state index in [4.69, 9.17) is 9.47 Å². The van der Waals surface area contributed by atoms with Crippen molar-refractivity contribution in [2.75, 3.05) is 40.4 Å². The van der Waals surface area contributed by atoms with Gasteiger partial charge in [0.15, 0.2) is 11.5 Å². The molecule has 2 N–H and O–H groups in total. The Hall–Kier alpha value is -2.44. The number of hydrogen-bond acceptors (Lipinski definition) is 4. The zero-order valence-electron chi connectivity index (χ0n) is 16.3. The van der Waals surface area contributed by atoms with Crippen molar-refractivity contribution in [3.05, 3.63) is 36.7 Å². The van der Waals surface area contributed by atoms with Gasteiger partial charge >= 0.3 is 0 Å². The van der Waals surface area contributed by atoms with Gasteiger partial charge in [0, 0.05) is 73.9 Å². The zero-order chi connectivity index (χ0) is 18.8. The van der Waals surface area contributed by atoms with Crippen LogP contribution >= 0.6 is 0 Å². The molecule has 0 saturated carbocycles. The summed E-state index contributed by atoms with van der Waals surface area (Å²) in [6.45, 7) is 7.49. The molecule has 3 heterocycles. The Balaban J connectivity index is 1.72. The highest BCUT2D eigenvalue weighted by atomic mass is 16.5. The van der Waals surface area contributed by atoms with Crippen molar-refractivity contribution in [2.45, 2.75) is 19.5 Å². The van der Waals surface area contributed by atoms with Crippen LogP contribution in [0.1, 0.15) is 6.92 Å². The molecule has 1 fully saturated rings. The van der Waals surface area contributed by atoms with Crippen molar-refractivity contribution >= 4 is 10.9 Å². The lowest BCUT2D eigenvalue weighted by molar-refractivity contribution is 0.168. The van der Waals surface area contributed by atoms with Gasteiger partial charge in [-0.3, -0.25) is 4.90 Å². The average Bonchev–Trinajstić information content (AvgIpc) is 3.34. The molecule has 1 aliphatic heterocycles. The number of piperazine rings is 1. The minimum atomic E-state index is 0.568. The molecule has 0 amide bonds. The second-order valence-corrected chi connectivity index (χ2v) is 7.13. The van der Waals surface area contributed by atoms with Crippen molar-refractivity contribution in [2.24, 2.45) is 0 Å². The number of H-pyrrole nitrogens is 1. The fraction of sp³-hybridized carbons (Fsp3) is 0.429. The largest absolute Gasteiger partial charge is 0.493 e. The third-order valence-corrected chi connectivity index (χ3v) is 5.54. The standard InChI is InChI=1S/C21H28N4O2/c1-15-13-22-7-8-24(15)9-10-25-14-17(18-5-4-6-23-18)16-11-20(26-2)21(27-3)12-19(16)25/h4-6,11-12,14-15,22-23H,7-10,13H2,1-3H3. The fourth-order valence-electron chi connectivity index (χ4n) is 3.97. The summed E-state index contributed by atoms with van der Waals surface area (Å²) in [5.74, 6) is 1.52. The van der Waals surface area contributed by atoms with Crippen molar-refractivity contribution in [1.29, 1.82) is 0 Å². The van der Waals surface area contributed by atoms with Gasteiger partial charge in [0.25, 0.3) is 0 Å². The van der Waals surface area contributed by atoms with E-state index in [0.717, 1.165) is 49.9 Å². The van der Waals surface area contributed by atoms with Crippen molar-refractivity contribution in [3.63, 3.8) is 0 Å². The highest BCUT2D eigenvalue weighted by molar-refractivity contribution is 5.97. The Kier molecular flexibility index (Phi) is 5.09. The van der Waals surface area contributed by atoms with Gasteiger partial charge < -0.3 is 24.3 Å². The molecule has 27 heavy (non-hydrogen) atoms. The van der Waals surface area contributed by atoms with Crippen LogP contribution < -0.4 is 14.8 Å². The van der Waals surface area contributed by atoms with Gasteiger partial charge in [-0.25, -0.2) is 0 Å². The minimum absolute atomic E-state index is 0.568. The summed E-state index contributed by atoms with van der Waals surface area (Å²) in [6.07, 6.45) is 4.20. The molecule has 3 aromatic rings. The van der Waals surface area contributed by atoms with Crippen LogP contribution in [-0.2, 0) is 6.54 Å². The van der Waals surface area contributed by atoms with Gasteiger partial charge in [0.1, 0.15) is 0 Å².